The molecule has 14 heavy (non-hydrogen) atoms. The first kappa shape index (κ1) is 10.5. The highest BCUT2D eigenvalue weighted by molar-refractivity contribution is 5.40. The fraction of sp³-hybridized carbons (Fsp3) is 0.250. The molecule has 0 heterocycles. The zero-order chi connectivity index (χ0) is 10.9. The number of nitrogens with zero attached hydrogens (tertiary/aromatic N) is 1. The van der Waals surface area contributed by atoms with Gasteiger partial charge in [0.25, 0.3) is 5.69 Å². The van der Waals surface area contributed by atoms with Crippen LogP contribution in [0.4, 0.5) is 18.9 Å². The lowest BCUT2D eigenvalue weighted by Crippen LogP contribution is -2.07. The van der Waals surface area contributed by atoms with Crippen molar-refractivity contribution in [2.24, 2.45) is 0 Å². The minimum absolute atomic E-state index is 0.147. The van der Waals surface area contributed by atoms with Crippen molar-refractivity contribution in [3.05, 3.63) is 39.4 Å². The van der Waals surface area contributed by atoms with Gasteiger partial charge in [0.15, 0.2) is 0 Å². The highest BCUT2D eigenvalue weighted by Gasteiger charge is 2.32. The summed E-state index contributed by atoms with van der Waals surface area (Å²) < 4.78 is 36.6. The van der Waals surface area contributed by atoms with Gasteiger partial charge in [0.1, 0.15) is 0 Å². The number of halogens is 3. The first-order chi connectivity index (χ1) is 6.32. The first-order valence-electron chi connectivity index (χ1n) is 3.64. The maximum atomic E-state index is 12.2. The number of benzene rings is 1. The Labute approximate surface area is 77.3 Å². The second-order valence-electron chi connectivity index (χ2n) is 2.75. The second-order valence-corrected chi connectivity index (χ2v) is 2.75. The minimum atomic E-state index is -4.46. The molecular weight excluding hydrogens is 199 g/mol. The third kappa shape index (κ3) is 2.01. The van der Waals surface area contributed by atoms with E-state index in [0.717, 1.165) is 12.1 Å². The highest BCUT2D eigenvalue weighted by atomic mass is 19.4. The van der Waals surface area contributed by atoms with Crippen molar-refractivity contribution in [1.82, 2.24) is 0 Å². The molecule has 0 aliphatic rings. The molecule has 3 nitrogen and oxygen atoms in total. The Kier molecular flexibility index (Phi) is 2.46. The summed E-state index contributed by atoms with van der Waals surface area (Å²) in [7, 11) is 0. The second kappa shape index (κ2) is 3.28. The average Bonchev–Trinajstić information content (AvgIpc) is 2.01. The lowest BCUT2D eigenvalue weighted by molar-refractivity contribution is -0.384. The summed E-state index contributed by atoms with van der Waals surface area (Å²) >= 11 is 0. The van der Waals surface area contributed by atoms with Gasteiger partial charge in [-0.25, -0.2) is 0 Å². The number of hydrogen-bond acceptors (Lipinski definition) is 2. The van der Waals surface area contributed by atoms with Gasteiger partial charge in [-0.15, -0.1) is 0 Å². The summed E-state index contributed by atoms with van der Waals surface area (Å²) in [6, 6.07) is 2.46. The van der Waals surface area contributed by atoms with Crippen LogP contribution in [0.3, 0.4) is 0 Å². The topological polar surface area (TPSA) is 43.1 Å². The number of alkyl halides is 3. The molecule has 6 heteroatoms. The van der Waals surface area contributed by atoms with Crippen molar-refractivity contribution in [2.75, 3.05) is 0 Å². The van der Waals surface area contributed by atoms with Gasteiger partial charge >= 0.3 is 6.18 Å². The monoisotopic (exact) mass is 205 g/mol. The maximum Gasteiger partial charge on any atom is 0.416 e. The van der Waals surface area contributed by atoms with E-state index in [-0.39, 0.29) is 11.3 Å². The van der Waals surface area contributed by atoms with Crippen LogP contribution in [-0.2, 0) is 6.18 Å². The van der Waals surface area contributed by atoms with Crippen molar-refractivity contribution in [3.8, 4) is 0 Å². The lowest BCUT2D eigenvalue weighted by atomic mass is 10.1. The van der Waals surface area contributed by atoms with E-state index in [1.165, 1.54) is 6.92 Å². The van der Waals surface area contributed by atoms with Gasteiger partial charge in [-0.1, -0.05) is 0 Å². The summed E-state index contributed by atoms with van der Waals surface area (Å²) in [4.78, 5) is 9.51. The van der Waals surface area contributed by atoms with Crippen LogP contribution in [0.1, 0.15) is 11.1 Å². The van der Waals surface area contributed by atoms with Gasteiger partial charge in [-0.2, -0.15) is 13.2 Å². The molecule has 1 rings (SSSR count). The number of nitro groups is 1. The van der Waals surface area contributed by atoms with Crippen molar-refractivity contribution >= 4 is 5.69 Å². The molecule has 0 atom stereocenters. The van der Waals surface area contributed by atoms with Gasteiger partial charge in [0, 0.05) is 12.1 Å². The van der Waals surface area contributed by atoms with E-state index in [2.05, 4.69) is 0 Å². The van der Waals surface area contributed by atoms with Crippen LogP contribution in [-0.4, -0.2) is 4.92 Å². The summed E-state index contributed by atoms with van der Waals surface area (Å²) in [5.74, 6) is 0. The van der Waals surface area contributed by atoms with Gasteiger partial charge < -0.3 is 0 Å². The lowest BCUT2D eigenvalue weighted by Gasteiger charge is -2.08. The Bertz CT molecular complexity index is 373. The Balaban J connectivity index is 3.21. The smallest absolute Gasteiger partial charge is 0.258 e. The zero-order valence-electron chi connectivity index (χ0n) is 7.13. The Morgan fingerprint density at radius 2 is 1.93 bits per heavy atom. The van der Waals surface area contributed by atoms with Crippen molar-refractivity contribution in [3.63, 3.8) is 0 Å². The molecule has 0 bridgehead atoms. The summed E-state index contributed by atoms with van der Waals surface area (Å²) in [5, 5.41) is 10.2. The largest absolute Gasteiger partial charge is 0.416 e. The molecule has 0 N–H and O–H groups in total. The van der Waals surface area contributed by atoms with Crippen molar-refractivity contribution in [1.29, 1.82) is 0 Å². The molecule has 0 fully saturated rings. The molecule has 0 saturated carbocycles. The molecule has 0 unspecified atom stereocenters. The van der Waals surface area contributed by atoms with Crippen LogP contribution in [0.5, 0.6) is 0 Å². The van der Waals surface area contributed by atoms with Gasteiger partial charge in [0.2, 0.25) is 0 Å². The van der Waals surface area contributed by atoms with E-state index in [1.807, 2.05) is 0 Å². The van der Waals surface area contributed by atoms with E-state index < -0.39 is 16.7 Å². The summed E-state index contributed by atoms with van der Waals surface area (Å²) in [6.07, 6.45) is -4.46. The third-order valence-corrected chi connectivity index (χ3v) is 1.73. The molecule has 76 valence electrons. The normalized spacial score (nSPS) is 11.4. The minimum Gasteiger partial charge on any atom is -0.258 e. The van der Waals surface area contributed by atoms with E-state index in [1.54, 1.807) is 0 Å². The summed E-state index contributed by atoms with van der Waals surface area (Å²) in [5.41, 5.74) is -1.33. The molecule has 0 saturated heterocycles. The van der Waals surface area contributed by atoms with E-state index >= 15 is 0 Å². The molecule has 0 aromatic heterocycles. The van der Waals surface area contributed by atoms with Crippen molar-refractivity contribution < 1.29 is 18.1 Å². The van der Waals surface area contributed by atoms with E-state index in [0.29, 0.717) is 6.07 Å². The van der Waals surface area contributed by atoms with Crippen LogP contribution in [0.15, 0.2) is 18.2 Å². The van der Waals surface area contributed by atoms with Crippen molar-refractivity contribution in [2.45, 2.75) is 13.1 Å². The zero-order valence-corrected chi connectivity index (χ0v) is 7.13. The van der Waals surface area contributed by atoms with E-state index in [9.17, 15) is 23.3 Å². The number of rotatable bonds is 1. The number of aryl methyl sites for hydroxylation is 1. The van der Waals surface area contributed by atoms with Crippen LogP contribution in [0, 0.1) is 17.0 Å². The predicted molar refractivity (Wildman–Crippen MR) is 42.8 cm³/mol. The number of non-ortho nitro benzene ring substituents is 1. The molecule has 1 aromatic rings. The van der Waals surface area contributed by atoms with Crippen LogP contribution in [0.25, 0.3) is 0 Å². The molecular formula is C8H6F3NO2. The SMILES string of the molecule is Cc1cc([N+](=O)[O-])ccc1C(F)(F)F. The fourth-order valence-electron chi connectivity index (χ4n) is 1.08. The Morgan fingerprint density at radius 1 is 1.36 bits per heavy atom. The Morgan fingerprint density at radius 3 is 2.29 bits per heavy atom. The van der Waals surface area contributed by atoms with Gasteiger partial charge in [0.05, 0.1) is 10.5 Å². The molecule has 0 aliphatic carbocycles. The van der Waals surface area contributed by atoms with Crippen LogP contribution in [0.2, 0.25) is 0 Å². The highest BCUT2D eigenvalue weighted by Crippen LogP contribution is 2.33. The fourth-order valence-corrected chi connectivity index (χ4v) is 1.08. The standard InChI is InChI=1S/C8H6F3NO2/c1-5-4-6(12(13)14)2-3-7(5)8(9,10)11/h2-4H,1H3. The summed E-state index contributed by atoms with van der Waals surface area (Å²) in [6.45, 7) is 1.19. The first-order valence-corrected chi connectivity index (χ1v) is 3.64. The average molecular weight is 205 g/mol. The molecule has 0 amide bonds. The Hall–Kier alpha value is -1.59. The third-order valence-electron chi connectivity index (χ3n) is 1.73. The predicted octanol–water partition coefficient (Wildman–Crippen LogP) is 2.92. The van der Waals surface area contributed by atoms with Gasteiger partial charge in [-0.3, -0.25) is 10.1 Å². The van der Waals surface area contributed by atoms with E-state index in [4.69, 9.17) is 0 Å². The van der Waals surface area contributed by atoms with Crippen LogP contribution >= 0.6 is 0 Å². The van der Waals surface area contributed by atoms with Crippen LogP contribution < -0.4 is 0 Å². The maximum absolute atomic E-state index is 12.2. The quantitative estimate of drug-likeness (QED) is 0.522. The molecule has 1 aromatic carbocycles. The number of hydrogen-bond donors (Lipinski definition) is 0. The molecule has 0 radical (unpaired) electrons. The van der Waals surface area contributed by atoms with Gasteiger partial charge in [-0.05, 0) is 18.6 Å². The molecule has 0 spiro atoms. The molecule has 0 aliphatic heterocycles. The number of nitro benzene ring substituents is 1.